The molecule has 0 bridgehead atoms. The summed E-state index contributed by atoms with van der Waals surface area (Å²) >= 11 is 6.13. The van der Waals surface area contributed by atoms with Crippen LogP contribution in [-0.4, -0.2) is 26.3 Å². The normalized spacial score (nSPS) is 15.1. The van der Waals surface area contributed by atoms with Crippen LogP contribution in [0.4, 0.5) is 18.9 Å². The van der Waals surface area contributed by atoms with Gasteiger partial charge in [0, 0.05) is 16.8 Å². The summed E-state index contributed by atoms with van der Waals surface area (Å²) in [5.74, 6) is 0.0114. The van der Waals surface area contributed by atoms with Crippen LogP contribution in [0.5, 0.6) is 0 Å². The third kappa shape index (κ3) is 4.54. The lowest BCUT2D eigenvalue weighted by Crippen LogP contribution is -2.33. The average Bonchev–Trinajstić information content (AvgIpc) is 3.43. The molecule has 11 heteroatoms. The second-order valence-corrected chi connectivity index (χ2v) is 9.82. The van der Waals surface area contributed by atoms with Gasteiger partial charge in [-0.1, -0.05) is 36.7 Å². The first-order valence-electron chi connectivity index (χ1n) is 12.1. The number of amides is 1. The monoisotopic (exact) mass is 552 g/mol. The van der Waals surface area contributed by atoms with Gasteiger partial charge in [0.2, 0.25) is 0 Å². The van der Waals surface area contributed by atoms with Crippen molar-refractivity contribution in [2.24, 2.45) is 0 Å². The van der Waals surface area contributed by atoms with E-state index in [1.807, 2.05) is 0 Å². The van der Waals surface area contributed by atoms with Crippen molar-refractivity contribution in [2.75, 3.05) is 4.90 Å². The van der Waals surface area contributed by atoms with Gasteiger partial charge in [-0.25, -0.2) is 4.98 Å². The molecule has 0 saturated carbocycles. The second-order valence-electron chi connectivity index (χ2n) is 9.39. The van der Waals surface area contributed by atoms with Crippen molar-refractivity contribution in [1.29, 1.82) is 10.8 Å². The van der Waals surface area contributed by atoms with Crippen LogP contribution in [0.2, 0.25) is 5.02 Å². The highest BCUT2D eigenvalue weighted by Gasteiger charge is 2.43. The Hall–Kier alpha value is -4.18. The number of halogens is 4. The molecule has 0 aliphatic carbocycles. The smallest absolute Gasteiger partial charge is 0.339 e. The molecule has 39 heavy (non-hydrogen) atoms. The van der Waals surface area contributed by atoms with Crippen LogP contribution in [0, 0.1) is 17.7 Å². The Morgan fingerprint density at radius 2 is 1.85 bits per heavy atom. The van der Waals surface area contributed by atoms with Gasteiger partial charge in [0.05, 0.1) is 16.9 Å². The molecule has 3 heterocycles. The van der Waals surface area contributed by atoms with Gasteiger partial charge >= 0.3 is 6.18 Å². The number of H-pyrrole nitrogens is 1. The number of pyridine rings is 1. The number of rotatable bonds is 4. The summed E-state index contributed by atoms with van der Waals surface area (Å²) in [6.07, 6.45) is -2.56. The first kappa shape index (κ1) is 26.4. The molecule has 4 aromatic rings. The highest BCUT2D eigenvalue weighted by molar-refractivity contribution is 6.30. The molecule has 1 aliphatic heterocycles. The van der Waals surface area contributed by atoms with Crippen LogP contribution in [0.15, 0.2) is 54.7 Å². The molecular formula is C28H24ClF3N6O. The maximum Gasteiger partial charge on any atom is 0.416 e. The summed E-state index contributed by atoms with van der Waals surface area (Å²) in [5.41, 5.74) is 2.74. The van der Waals surface area contributed by atoms with Crippen molar-refractivity contribution < 1.29 is 18.0 Å². The van der Waals surface area contributed by atoms with Gasteiger partial charge in [0.1, 0.15) is 23.2 Å². The fraction of sp³-hybridized carbons (Fsp3) is 0.214. The zero-order chi connectivity index (χ0) is 28.2. The minimum atomic E-state index is -4.47. The van der Waals surface area contributed by atoms with Crippen LogP contribution in [0.25, 0.3) is 11.4 Å². The summed E-state index contributed by atoms with van der Waals surface area (Å²) in [4.78, 5) is 23.2. The van der Waals surface area contributed by atoms with Gasteiger partial charge in [-0.05, 0) is 67.3 Å². The van der Waals surface area contributed by atoms with Crippen molar-refractivity contribution in [2.45, 2.75) is 39.4 Å². The Morgan fingerprint density at radius 3 is 2.46 bits per heavy atom. The Bertz CT molecular complexity index is 1690. The van der Waals surface area contributed by atoms with E-state index in [1.165, 1.54) is 10.6 Å². The molecule has 0 fully saturated rings. The molecule has 1 unspecified atom stereocenters. The molecule has 3 N–H and O–H groups in total. The number of alkyl halides is 3. The summed E-state index contributed by atoms with van der Waals surface area (Å²) in [7, 11) is 0. The third-order valence-corrected chi connectivity index (χ3v) is 7.07. The number of fused-ring (bicyclic) bond motifs is 1. The topological polar surface area (TPSA) is 102 Å². The Morgan fingerprint density at radius 1 is 1.15 bits per heavy atom. The number of aromatic nitrogens is 3. The Labute approximate surface area is 226 Å². The van der Waals surface area contributed by atoms with Crippen LogP contribution in [0.1, 0.15) is 58.3 Å². The molecule has 7 nitrogen and oxygen atoms in total. The van der Waals surface area contributed by atoms with E-state index in [0.29, 0.717) is 45.3 Å². The highest BCUT2D eigenvalue weighted by atomic mass is 35.5. The quantitative estimate of drug-likeness (QED) is 0.199. The maximum atomic E-state index is 13.9. The standard InChI is InChI=1S/C28H24ClF3N6O/c1-4-16-12-18(28(30,31)32)7-10-21(16)26-35-22-23(36-26)27(39)38(24(22)17-5-8-19(29)9-6-17)20-11-14(2)25(34)37(13-20)15(3)33/h5-13,24,33-34H,4H2,1-3H3,(H,35,36). The van der Waals surface area contributed by atoms with Crippen molar-refractivity contribution in [3.8, 4) is 11.4 Å². The number of imidazole rings is 1. The molecule has 0 radical (unpaired) electrons. The largest absolute Gasteiger partial charge is 0.416 e. The molecule has 200 valence electrons. The fourth-order valence-corrected chi connectivity index (χ4v) is 4.99. The lowest BCUT2D eigenvalue weighted by atomic mass is 10.0. The van der Waals surface area contributed by atoms with E-state index in [-0.39, 0.29) is 17.0 Å². The van der Waals surface area contributed by atoms with E-state index >= 15 is 0 Å². The van der Waals surface area contributed by atoms with Crippen LogP contribution >= 0.6 is 11.6 Å². The lowest BCUT2D eigenvalue weighted by molar-refractivity contribution is -0.137. The number of hydrogen-bond donors (Lipinski definition) is 3. The van der Waals surface area contributed by atoms with Crippen molar-refractivity contribution >= 4 is 29.0 Å². The minimum absolute atomic E-state index is 0.118. The molecular weight excluding hydrogens is 529 g/mol. The van der Waals surface area contributed by atoms with Gasteiger partial charge in [-0.2, -0.15) is 13.2 Å². The molecule has 1 aliphatic rings. The van der Waals surface area contributed by atoms with Gasteiger partial charge in [0.15, 0.2) is 5.69 Å². The van der Waals surface area contributed by atoms with Crippen molar-refractivity contribution in [1.82, 2.24) is 14.5 Å². The zero-order valence-corrected chi connectivity index (χ0v) is 22.0. The Kier molecular flexibility index (Phi) is 6.46. The average molecular weight is 553 g/mol. The third-order valence-electron chi connectivity index (χ3n) is 6.82. The predicted octanol–water partition coefficient (Wildman–Crippen LogP) is 6.50. The summed E-state index contributed by atoms with van der Waals surface area (Å²) in [6, 6.07) is 11.6. The SMILES string of the molecule is CCc1cc(C(F)(F)F)ccc1-c1nc2c([nH]1)C(c1ccc(Cl)cc1)N(c1cc(C)c(=N)n(C(C)=N)c1)C2=O. The number of carbonyl (C=O) groups excluding carboxylic acids is 1. The molecule has 5 rings (SSSR count). The minimum Gasteiger partial charge on any atom is -0.339 e. The maximum absolute atomic E-state index is 13.9. The number of benzene rings is 2. The van der Waals surface area contributed by atoms with Gasteiger partial charge in [-0.15, -0.1) is 0 Å². The Balaban J connectivity index is 1.68. The van der Waals surface area contributed by atoms with Gasteiger partial charge in [-0.3, -0.25) is 25.1 Å². The van der Waals surface area contributed by atoms with Crippen molar-refractivity contribution in [3.05, 3.63) is 98.9 Å². The van der Waals surface area contributed by atoms with E-state index < -0.39 is 23.7 Å². The number of anilines is 1. The van der Waals surface area contributed by atoms with Crippen molar-refractivity contribution in [3.63, 3.8) is 0 Å². The molecule has 0 spiro atoms. The first-order chi connectivity index (χ1) is 18.4. The number of nitrogens with one attached hydrogen (secondary N) is 3. The molecule has 2 aromatic carbocycles. The fourth-order valence-electron chi connectivity index (χ4n) is 4.87. The summed E-state index contributed by atoms with van der Waals surface area (Å²) in [6.45, 7) is 5.04. The van der Waals surface area contributed by atoms with E-state index in [0.717, 1.165) is 17.7 Å². The van der Waals surface area contributed by atoms with Crippen LogP contribution in [0.3, 0.4) is 0 Å². The molecule has 2 aromatic heterocycles. The summed E-state index contributed by atoms with van der Waals surface area (Å²) in [5, 5.41) is 16.9. The number of aromatic amines is 1. The van der Waals surface area contributed by atoms with Crippen LogP contribution < -0.4 is 10.4 Å². The molecule has 0 saturated heterocycles. The van der Waals surface area contributed by atoms with E-state index in [4.69, 9.17) is 22.4 Å². The number of hydrogen-bond acceptors (Lipinski definition) is 4. The zero-order valence-electron chi connectivity index (χ0n) is 21.2. The van der Waals surface area contributed by atoms with E-state index in [1.54, 1.807) is 62.2 Å². The first-order valence-corrected chi connectivity index (χ1v) is 12.5. The highest BCUT2D eigenvalue weighted by Crippen LogP contribution is 2.42. The number of aryl methyl sites for hydroxylation is 2. The second kappa shape index (κ2) is 9.53. The van der Waals surface area contributed by atoms with Crippen LogP contribution in [-0.2, 0) is 12.6 Å². The van der Waals surface area contributed by atoms with Gasteiger partial charge in [0.25, 0.3) is 5.91 Å². The number of nitrogens with zero attached hydrogens (tertiary/aromatic N) is 3. The molecule has 1 amide bonds. The van der Waals surface area contributed by atoms with E-state index in [9.17, 15) is 18.0 Å². The predicted molar refractivity (Wildman–Crippen MR) is 142 cm³/mol. The number of carbonyl (C=O) groups is 1. The molecule has 1 atom stereocenters. The summed E-state index contributed by atoms with van der Waals surface area (Å²) < 4.78 is 41.3. The lowest BCUT2D eigenvalue weighted by Gasteiger charge is -2.27. The van der Waals surface area contributed by atoms with Gasteiger partial charge < -0.3 is 4.98 Å². The van der Waals surface area contributed by atoms with E-state index in [2.05, 4.69) is 9.97 Å².